The summed E-state index contributed by atoms with van der Waals surface area (Å²) in [5.74, 6) is -0.0511. The van der Waals surface area contributed by atoms with Gasteiger partial charge in [-0.15, -0.1) is 0 Å². The van der Waals surface area contributed by atoms with Gasteiger partial charge in [-0.3, -0.25) is 14.0 Å². The fourth-order valence-corrected chi connectivity index (χ4v) is 6.09. The SMILES string of the molecule is O=C(c1ccc(S(=O)(=O)N2CCc3ccccc32)cc1)N1CCN(Cc2ccccc2)CC1. The third-order valence-electron chi connectivity index (χ3n) is 6.44. The Labute approximate surface area is 195 Å². The summed E-state index contributed by atoms with van der Waals surface area (Å²) in [6.07, 6.45) is 0.711. The predicted molar refractivity (Wildman–Crippen MR) is 129 cm³/mol. The van der Waals surface area contributed by atoms with Crippen LogP contribution in [0.4, 0.5) is 5.69 Å². The fraction of sp³-hybridized carbons (Fsp3) is 0.269. The standard InChI is InChI=1S/C26H27N3O3S/c30-26(28-18-16-27(17-19-28)20-21-6-2-1-3-7-21)23-10-12-24(13-11-23)33(31,32)29-15-14-22-8-4-5-9-25(22)29/h1-13H,14-20H2. The maximum atomic E-state index is 13.2. The second kappa shape index (κ2) is 9.00. The molecule has 2 aliphatic rings. The molecule has 0 saturated carbocycles. The van der Waals surface area contributed by atoms with Crippen LogP contribution in [-0.2, 0) is 23.0 Å². The number of carbonyl (C=O) groups is 1. The van der Waals surface area contributed by atoms with Gasteiger partial charge in [0.15, 0.2) is 0 Å². The summed E-state index contributed by atoms with van der Waals surface area (Å²) in [5, 5.41) is 0. The molecule has 170 valence electrons. The molecule has 0 atom stereocenters. The molecule has 33 heavy (non-hydrogen) atoms. The van der Waals surface area contributed by atoms with Crippen molar-refractivity contribution in [3.8, 4) is 0 Å². The largest absolute Gasteiger partial charge is 0.336 e. The molecule has 0 spiro atoms. The third-order valence-corrected chi connectivity index (χ3v) is 8.27. The topological polar surface area (TPSA) is 60.9 Å². The average Bonchev–Trinajstić information content (AvgIpc) is 3.30. The molecule has 0 bridgehead atoms. The Morgan fingerprint density at radius 1 is 0.758 bits per heavy atom. The summed E-state index contributed by atoms with van der Waals surface area (Å²) in [7, 11) is -3.65. The molecule has 2 aliphatic heterocycles. The van der Waals surface area contributed by atoms with Crippen molar-refractivity contribution < 1.29 is 13.2 Å². The zero-order valence-corrected chi connectivity index (χ0v) is 19.2. The van der Waals surface area contributed by atoms with E-state index in [4.69, 9.17) is 0 Å². The second-order valence-corrected chi connectivity index (χ2v) is 10.4. The summed E-state index contributed by atoms with van der Waals surface area (Å²) in [6.45, 7) is 4.29. The highest BCUT2D eigenvalue weighted by Gasteiger charge is 2.31. The number of fused-ring (bicyclic) bond motifs is 1. The van der Waals surface area contributed by atoms with Gasteiger partial charge in [0.2, 0.25) is 0 Å². The first-order chi connectivity index (χ1) is 16.0. The van der Waals surface area contributed by atoms with E-state index in [-0.39, 0.29) is 10.8 Å². The Balaban J connectivity index is 1.23. The second-order valence-electron chi connectivity index (χ2n) is 8.53. The van der Waals surface area contributed by atoms with Crippen molar-refractivity contribution in [2.24, 2.45) is 0 Å². The van der Waals surface area contributed by atoms with E-state index >= 15 is 0 Å². The van der Waals surface area contributed by atoms with E-state index in [1.54, 1.807) is 24.3 Å². The lowest BCUT2D eigenvalue weighted by Crippen LogP contribution is -2.48. The first-order valence-corrected chi connectivity index (χ1v) is 12.7. The molecule has 1 fully saturated rings. The molecular formula is C26H27N3O3S. The molecule has 0 N–H and O–H groups in total. The quantitative estimate of drug-likeness (QED) is 0.584. The van der Waals surface area contributed by atoms with Crippen molar-refractivity contribution in [1.29, 1.82) is 0 Å². The van der Waals surface area contributed by atoms with Gasteiger partial charge in [-0.1, -0.05) is 48.5 Å². The number of carbonyl (C=O) groups excluding carboxylic acids is 1. The van der Waals surface area contributed by atoms with E-state index in [2.05, 4.69) is 17.0 Å². The lowest BCUT2D eigenvalue weighted by atomic mass is 10.1. The highest BCUT2D eigenvalue weighted by molar-refractivity contribution is 7.92. The molecule has 5 rings (SSSR count). The number of benzene rings is 3. The van der Waals surface area contributed by atoms with E-state index in [1.165, 1.54) is 9.87 Å². The monoisotopic (exact) mass is 461 g/mol. The van der Waals surface area contributed by atoms with Crippen LogP contribution in [0.15, 0.2) is 83.8 Å². The number of anilines is 1. The molecule has 3 aromatic carbocycles. The van der Waals surface area contributed by atoms with Crippen LogP contribution in [-0.4, -0.2) is 56.8 Å². The van der Waals surface area contributed by atoms with Gasteiger partial charge in [0.1, 0.15) is 0 Å². The van der Waals surface area contributed by atoms with E-state index in [1.807, 2.05) is 47.4 Å². The third kappa shape index (κ3) is 4.38. The number of hydrogen-bond donors (Lipinski definition) is 0. The van der Waals surface area contributed by atoms with E-state index in [9.17, 15) is 13.2 Å². The molecule has 0 unspecified atom stereocenters. The van der Waals surface area contributed by atoms with Crippen molar-refractivity contribution in [2.45, 2.75) is 17.9 Å². The van der Waals surface area contributed by atoms with Gasteiger partial charge in [0.25, 0.3) is 15.9 Å². The lowest BCUT2D eigenvalue weighted by molar-refractivity contribution is 0.0628. The van der Waals surface area contributed by atoms with Gasteiger partial charge in [0, 0.05) is 44.8 Å². The summed E-state index contributed by atoms with van der Waals surface area (Å²) in [5.41, 5.74) is 3.58. The van der Waals surface area contributed by atoms with Crippen LogP contribution in [0.5, 0.6) is 0 Å². The predicted octanol–water partition coefficient (Wildman–Crippen LogP) is 3.40. The average molecular weight is 462 g/mol. The molecule has 0 aromatic heterocycles. The first-order valence-electron chi connectivity index (χ1n) is 11.3. The summed E-state index contributed by atoms with van der Waals surface area (Å²) >= 11 is 0. The fourth-order valence-electron chi connectivity index (χ4n) is 4.59. The van der Waals surface area contributed by atoms with Crippen LogP contribution >= 0.6 is 0 Å². The van der Waals surface area contributed by atoms with Crippen molar-refractivity contribution in [3.05, 3.63) is 95.6 Å². The summed E-state index contributed by atoms with van der Waals surface area (Å²) in [4.78, 5) is 17.4. The van der Waals surface area contributed by atoms with Crippen LogP contribution in [0.25, 0.3) is 0 Å². The number of sulfonamides is 1. The minimum Gasteiger partial charge on any atom is -0.336 e. The van der Waals surface area contributed by atoms with Gasteiger partial charge in [-0.2, -0.15) is 0 Å². The lowest BCUT2D eigenvalue weighted by Gasteiger charge is -2.34. The van der Waals surface area contributed by atoms with Crippen molar-refractivity contribution in [3.63, 3.8) is 0 Å². The smallest absolute Gasteiger partial charge is 0.264 e. The normalized spacial score (nSPS) is 16.6. The molecular weight excluding hydrogens is 434 g/mol. The molecule has 1 amide bonds. The molecule has 2 heterocycles. The van der Waals surface area contributed by atoms with Crippen molar-refractivity contribution >= 4 is 21.6 Å². The Morgan fingerprint density at radius 3 is 2.15 bits per heavy atom. The Bertz CT molecular complexity index is 1240. The van der Waals surface area contributed by atoms with Crippen LogP contribution in [0.2, 0.25) is 0 Å². The Hall–Kier alpha value is -3.16. The zero-order valence-electron chi connectivity index (χ0n) is 18.4. The molecule has 7 heteroatoms. The number of rotatable bonds is 5. The maximum absolute atomic E-state index is 13.2. The van der Waals surface area contributed by atoms with Crippen LogP contribution < -0.4 is 4.31 Å². The van der Waals surface area contributed by atoms with E-state index < -0.39 is 10.0 Å². The minimum atomic E-state index is -3.65. The minimum absolute atomic E-state index is 0.0511. The van der Waals surface area contributed by atoms with Gasteiger partial charge in [-0.25, -0.2) is 8.42 Å². The van der Waals surface area contributed by atoms with Gasteiger partial charge < -0.3 is 4.90 Å². The summed E-state index contributed by atoms with van der Waals surface area (Å²) in [6, 6.07) is 24.3. The van der Waals surface area contributed by atoms with E-state index in [0.29, 0.717) is 31.6 Å². The number of piperazine rings is 1. The number of amides is 1. The zero-order chi connectivity index (χ0) is 22.8. The number of nitrogens with zero attached hydrogens (tertiary/aromatic N) is 3. The maximum Gasteiger partial charge on any atom is 0.264 e. The van der Waals surface area contributed by atoms with Gasteiger partial charge in [0.05, 0.1) is 10.6 Å². The first kappa shape index (κ1) is 21.7. The van der Waals surface area contributed by atoms with Crippen molar-refractivity contribution in [1.82, 2.24) is 9.80 Å². The Kier molecular flexibility index (Phi) is 5.91. The van der Waals surface area contributed by atoms with E-state index in [0.717, 1.165) is 30.9 Å². The van der Waals surface area contributed by atoms with Crippen LogP contribution in [0, 0.1) is 0 Å². The highest BCUT2D eigenvalue weighted by atomic mass is 32.2. The molecule has 6 nitrogen and oxygen atoms in total. The van der Waals surface area contributed by atoms with Gasteiger partial charge in [-0.05, 0) is 47.9 Å². The van der Waals surface area contributed by atoms with Crippen molar-refractivity contribution in [2.75, 3.05) is 37.0 Å². The Morgan fingerprint density at radius 2 is 1.42 bits per heavy atom. The number of hydrogen-bond acceptors (Lipinski definition) is 4. The molecule has 0 aliphatic carbocycles. The molecule has 0 radical (unpaired) electrons. The van der Waals surface area contributed by atoms with Crippen LogP contribution in [0.1, 0.15) is 21.5 Å². The molecule has 3 aromatic rings. The molecule has 1 saturated heterocycles. The number of para-hydroxylation sites is 1. The van der Waals surface area contributed by atoms with Gasteiger partial charge >= 0.3 is 0 Å². The van der Waals surface area contributed by atoms with Crippen LogP contribution in [0.3, 0.4) is 0 Å². The highest BCUT2D eigenvalue weighted by Crippen LogP contribution is 2.32. The summed E-state index contributed by atoms with van der Waals surface area (Å²) < 4.78 is 27.8.